The normalized spacial score (nSPS) is 10.6. The fourth-order valence-electron chi connectivity index (χ4n) is 2.37. The first-order chi connectivity index (χ1) is 17.2. The number of hydrogen-bond acceptors (Lipinski definition) is 9. The summed E-state index contributed by atoms with van der Waals surface area (Å²) in [6.45, 7) is 23.3. The van der Waals surface area contributed by atoms with Crippen molar-refractivity contribution in [2.24, 2.45) is 5.41 Å². The topological polar surface area (TPSA) is 107 Å². The first-order valence-corrected chi connectivity index (χ1v) is 11.3. The Morgan fingerprint density at radius 1 is 0.611 bits per heavy atom. The Morgan fingerprint density at radius 3 is 1.11 bits per heavy atom. The predicted molar refractivity (Wildman–Crippen MR) is 136 cm³/mol. The zero-order valence-corrected chi connectivity index (χ0v) is 21.2. The minimum Gasteiger partial charge on any atom is -0.461 e. The molecule has 0 saturated heterocycles. The van der Waals surface area contributed by atoms with Gasteiger partial charge in [0.05, 0.1) is 61.8 Å². The van der Waals surface area contributed by atoms with E-state index in [1.165, 1.54) is 18.2 Å². The lowest BCUT2D eigenvalue weighted by Crippen LogP contribution is -2.39. The maximum Gasteiger partial charge on any atom is 0.335 e. The average molecular weight is 507 g/mol. The summed E-state index contributed by atoms with van der Waals surface area (Å²) in [5.41, 5.74) is -0.766. The van der Waals surface area contributed by atoms with Crippen LogP contribution in [-0.2, 0) is 42.8 Å². The fourth-order valence-corrected chi connectivity index (χ4v) is 2.37. The van der Waals surface area contributed by atoms with Crippen LogP contribution in [0.5, 0.6) is 0 Å². The lowest BCUT2D eigenvalue weighted by Gasteiger charge is -2.31. The molecule has 0 aromatic carbocycles. The standard InChI is InChI=1S/C27H38O9/c1-8-12-31-15-21(5)24(28)34-18-27(11-4,19-35-25(29)22(6)16-32-13-9-2)20-36-26(30)23(7)17-33-14-10-3/h8-10H,1-3,5-7,11-20H2,4H3. The van der Waals surface area contributed by atoms with Crippen LogP contribution in [0.25, 0.3) is 0 Å². The molecule has 0 aromatic heterocycles. The van der Waals surface area contributed by atoms with Crippen LogP contribution in [0.2, 0.25) is 0 Å². The summed E-state index contributed by atoms with van der Waals surface area (Å²) >= 11 is 0. The highest BCUT2D eigenvalue weighted by molar-refractivity contribution is 5.89. The van der Waals surface area contributed by atoms with Crippen molar-refractivity contribution in [2.75, 3.05) is 59.5 Å². The van der Waals surface area contributed by atoms with Gasteiger partial charge in [-0.15, -0.1) is 19.7 Å². The number of carbonyl (C=O) groups excluding carboxylic acids is 3. The van der Waals surface area contributed by atoms with Gasteiger partial charge in [0.1, 0.15) is 19.8 Å². The molecule has 0 aliphatic carbocycles. The highest BCUT2D eigenvalue weighted by atomic mass is 16.6. The molecule has 0 amide bonds. The Labute approximate surface area is 213 Å². The van der Waals surface area contributed by atoms with Gasteiger partial charge in [0.25, 0.3) is 0 Å². The molecule has 0 heterocycles. The lowest BCUT2D eigenvalue weighted by molar-refractivity contribution is -0.158. The number of hydrogen-bond donors (Lipinski definition) is 0. The Morgan fingerprint density at radius 2 is 0.889 bits per heavy atom. The van der Waals surface area contributed by atoms with Crippen LogP contribution in [0.1, 0.15) is 13.3 Å². The van der Waals surface area contributed by atoms with E-state index >= 15 is 0 Å². The van der Waals surface area contributed by atoms with Crippen molar-refractivity contribution in [3.8, 4) is 0 Å². The summed E-state index contributed by atoms with van der Waals surface area (Å²) < 4.78 is 31.8. The smallest absolute Gasteiger partial charge is 0.335 e. The molecule has 0 spiro atoms. The molecule has 0 aliphatic heterocycles. The Balaban J connectivity index is 5.29. The van der Waals surface area contributed by atoms with Gasteiger partial charge in [-0.1, -0.05) is 44.9 Å². The van der Waals surface area contributed by atoms with Gasteiger partial charge in [0.2, 0.25) is 0 Å². The third-order valence-electron chi connectivity index (χ3n) is 4.68. The molecule has 0 unspecified atom stereocenters. The van der Waals surface area contributed by atoms with E-state index < -0.39 is 23.3 Å². The SMILES string of the molecule is C=CCOCC(=C)C(=O)OCC(CC)(COC(=O)C(=C)COCC=C)COC(=O)C(=C)COCC=C. The zero-order valence-electron chi connectivity index (χ0n) is 21.2. The van der Waals surface area contributed by atoms with E-state index in [0.29, 0.717) is 6.42 Å². The van der Waals surface area contributed by atoms with Crippen LogP contribution < -0.4 is 0 Å². The summed E-state index contributed by atoms with van der Waals surface area (Å²) in [4.78, 5) is 37.1. The molecule has 200 valence electrons. The summed E-state index contributed by atoms with van der Waals surface area (Å²) in [6, 6.07) is 0. The van der Waals surface area contributed by atoms with E-state index in [4.69, 9.17) is 28.4 Å². The van der Waals surface area contributed by atoms with Crippen molar-refractivity contribution in [3.05, 3.63) is 74.4 Å². The molecule has 0 rings (SSSR count). The second kappa shape index (κ2) is 19.0. The molecule has 0 N–H and O–H groups in total. The molecular weight excluding hydrogens is 468 g/mol. The van der Waals surface area contributed by atoms with Gasteiger partial charge in [-0.2, -0.15) is 0 Å². The van der Waals surface area contributed by atoms with Crippen molar-refractivity contribution < 1.29 is 42.8 Å². The maximum absolute atomic E-state index is 12.4. The molecule has 0 aromatic rings. The molecule has 0 bridgehead atoms. The zero-order chi connectivity index (χ0) is 27.4. The summed E-state index contributed by atoms with van der Waals surface area (Å²) in [5.74, 6) is -2.09. The summed E-state index contributed by atoms with van der Waals surface area (Å²) in [7, 11) is 0. The van der Waals surface area contributed by atoms with Gasteiger partial charge in [0.15, 0.2) is 0 Å². The number of rotatable bonds is 22. The molecule has 9 heteroatoms. The minimum atomic E-state index is -1.05. The van der Waals surface area contributed by atoms with Gasteiger partial charge in [0, 0.05) is 0 Å². The van der Waals surface area contributed by atoms with Crippen LogP contribution in [0, 0.1) is 5.41 Å². The van der Waals surface area contributed by atoms with Crippen molar-refractivity contribution in [2.45, 2.75) is 13.3 Å². The molecule has 0 atom stereocenters. The first kappa shape index (κ1) is 32.7. The van der Waals surface area contributed by atoms with Gasteiger partial charge in [-0.3, -0.25) is 0 Å². The quantitative estimate of drug-likeness (QED) is 0.0719. The highest BCUT2D eigenvalue weighted by Gasteiger charge is 2.35. The number of ether oxygens (including phenoxy) is 6. The Kier molecular flexibility index (Phi) is 17.3. The largest absolute Gasteiger partial charge is 0.461 e. The molecular formula is C27H38O9. The lowest BCUT2D eigenvalue weighted by atomic mass is 9.88. The predicted octanol–water partition coefficient (Wildman–Crippen LogP) is 3.29. The molecule has 0 fully saturated rings. The van der Waals surface area contributed by atoms with E-state index in [-0.39, 0.29) is 76.2 Å². The van der Waals surface area contributed by atoms with Gasteiger partial charge in [-0.25, -0.2) is 14.4 Å². The summed E-state index contributed by atoms with van der Waals surface area (Å²) in [5, 5.41) is 0. The number of esters is 3. The molecule has 0 aliphatic rings. The van der Waals surface area contributed by atoms with E-state index in [0.717, 1.165) is 0 Å². The van der Waals surface area contributed by atoms with E-state index in [1.54, 1.807) is 6.92 Å². The average Bonchev–Trinajstić information content (AvgIpc) is 2.88. The second-order valence-electron chi connectivity index (χ2n) is 7.80. The van der Waals surface area contributed by atoms with E-state index in [2.05, 4.69) is 39.5 Å². The van der Waals surface area contributed by atoms with Crippen molar-refractivity contribution in [1.82, 2.24) is 0 Å². The van der Waals surface area contributed by atoms with Crippen LogP contribution in [0.4, 0.5) is 0 Å². The first-order valence-electron chi connectivity index (χ1n) is 11.3. The van der Waals surface area contributed by atoms with Gasteiger partial charge < -0.3 is 28.4 Å². The van der Waals surface area contributed by atoms with E-state index in [1.807, 2.05) is 0 Å². The van der Waals surface area contributed by atoms with E-state index in [9.17, 15) is 14.4 Å². The van der Waals surface area contributed by atoms with Crippen LogP contribution in [-0.4, -0.2) is 77.4 Å². The van der Waals surface area contributed by atoms with Crippen LogP contribution in [0.3, 0.4) is 0 Å². The van der Waals surface area contributed by atoms with Crippen molar-refractivity contribution >= 4 is 17.9 Å². The summed E-state index contributed by atoms with van der Waals surface area (Å²) in [6.07, 6.45) is 4.95. The highest BCUT2D eigenvalue weighted by Crippen LogP contribution is 2.25. The molecule has 9 nitrogen and oxygen atoms in total. The third kappa shape index (κ3) is 13.6. The van der Waals surface area contributed by atoms with Gasteiger partial charge in [-0.05, 0) is 6.42 Å². The van der Waals surface area contributed by atoms with Crippen LogP contribution in [0.15, 0.2) is 74.4 Å². The molecule has 0 saturated carbocycles. The molecule has 36 heavy (non-hydrogen) atoms. The third-order valence-corrected chi connectivity index (χ3v) is 4.68. The fraction of sp³-hybridized carbons (Fsp3) is 0.444. The monoisotopic (exact) mass is 506 g/mol. The molecule has 0 radical (unpaired) electrons. The Bertz CT molecular complexity index is 707. The Hall–Kier alpha value is -3.27. The van der Waals surface area contributed by atoms with Crippen molar-refractivity contribution in [1.29, 1.82) is 0 Å². The van der Waals surface area contributed by atoms with Crippen LogP contribution >= 0.6 is 0 Å². The van der Waals surface area contributed by atoms with Crippen molar-refractivity contribution in [3.63, 3.8) is 0 Å². The number of carbonyl (C=O) groups is 3. The van der Waals surface area contributed by atoms with Gasteiger partial charge >= 0.3 is 17.9 Å². The maximum atomic E-state index is 12.4. The second-order valence-corrected chi connectivity index (χ2v) is 7.80. The minimum absolute atomic E-state index is 0.0387.